The first-order chi connectivity index (χ1) is 6.16. The number of nitrogens with zero attached hydrogens (tertiary/aromatic N) is 1. The molecule has 0 amide bonds. The summed E-state index contributed by atoms with van der Waals surface area (Å²) < 4.78 is 5.33. The Morgan fingerprint density at radius 2 is 2.31 bits per heavy atom. The number of oxazole rings is 1. The van der Waals surface area contributed by atoms with E-state index >= 15 is 0 Å². The Balaban J connectivity index is 2.61. The highest BCUT2D eigenvalue weighted by Crippen LogP contribution is 2.21. The number of rotatable bonds is 1. The molecule has 13 heavy (non-hydrogen) atoms. The standard InChI is InChI=1S/C9H9ClN2O/c1-5-12-7-3-2-6(9(10)11)4-8(7)13-5/h2-4,9H,11H2,1H3. The summed E-state index contributed by atoms with van der Waals surface area (Å²) in [5.41, 5.74) is 7.42. The van der Waals surface area contributed by atoms with E-state index in [1.807, 2.05) is 18.2 Å². The fourth-order valence-electron chi connectivity index (χ4n) is 1.23. The maximum atomic E-state index is 5.73. The van der Waals surface area contributed by atoms with E-state index in [2.05, 4.69) is 4.98 Å². The van der Waals surface area contributed by atoms with Crippen LogP contribution < -0.4 is 5.73 Å². The Hall–Kier alpha value is -1.06. The second-order valence-electron chi connectivity index (χ2n) is 2.86. The van der Waals surface area contributed by atoms with Crippen molar-refractivity contribution in [2.24, 2.45) is 5.73 Å². The summed E-state index contributed by atoms with van der Waals surface area (Å²) in [4.78, 5) is 4.16. The molecular formula is C9H9ClN2O. The minimum absolute atomic E-state index is 0.491. The predicted molar refractivity (Wildman–Crippen MR) is 51.5 cm³/mol. The van der Waals surface area contributed by atoms with Gasteiger partial charge in [-0.25, -0.2) is 4.98 Å². The Morgan fingerprint density at radius 1 is 1.54 bits per heavy atom. The third-order valence-corrected chi connectivity index (χ3v) is 2.09. The van der Waals surface area contributed by atoms with Crippen molar-refractivity contribution in [3.63, 3.8) is 0 Å². The van der Waals surface area contributed by atoms with Crippen LogP contribution in [0.25, 0.3) is 11.1 Å². The van der Waals surface area contributed by atoms with Gasteiger partial charge in [0.15, 0.2) is 11.5 Å². The van der Waals surface area contributed by atoms with Gasteiger partial charge in [-0.1, -0.05) is 6.07 Å². The highest BCUT2D eigenvalue weighted by Gasteiger charge is 2.06. The molecule has 0 saturated carbocycles. The van der Waals surface area contributed by atoms with Gasteiger partial charge in [0.25, 0.3) is 0 Å². The summed E-state index contributed by atoms with van der Waals surface area (Å²) in [5.74, 6) is 0.648. The highest BCUT2D eigenvalue weighted by atomic mass is 35.5. The molecular weight excluding hydrogens is 188 g/mol. The first kappa shape index (κ1) is 8.53. The number of alkyl halides is 1. The maximum absolute atomic E-state index is 5.73. The second-order valence-corrected chi connectivity index (χ2v) is 3.33. The predicted octanol–water partition coefficient (Wildman–Crippen LogP) is 2.33. The first-order valence-electron chi connectivity index (χ1n) is 3.93. The molecule has 0 fully saturated rings. The molecule has 0 bridgehead atoms. The third kappa shape index (κ3) is 1.53. The summed E-state index contributed by atoms with van der Waals surface area (Å²) in [5, 5.41) is 0. The van der Waals surface area contributed by atoms with Gasteiger partial charge < -0.3 is 10.2 Å². The van der Waals surface area contributed by atoms with Crippen LogP contribution in [-0.4, -0.2) is 4.98 Å². The van der Waals surface area contributed by atoms with Gasteiger partial charge in [0.2, 0.25) is 0 Å². The fraction of sp³-hybridized carbons (Fsp3) is 0.222. The van der Waals surface area contributed by atoms with Crippen LogP contribution in [0.5, 0.6) is 0 Å². The zero-order valence-corrected chi connectivity index (χ0v) is 7.88. The van der Waals surface area contributed by atoms with Crippen LogP contribution in [0.2, 0.25) is 0 Å². The van der Waals surface area contributed by atoms with Gasteiger partial charge in [-0.2, -0.15) is 0 Å². The van der Waals surface area contributed by atoms with Gasteiger partial charge in [0.1, 0.15) is 11.0 Å². The lowest BCUT2D eigenvalue weighted by Crippen LogP contribution is -2.01. The molecule has 1 heterocycles. The molecule has 1 unspecified atom stereocenters. The monoisotopic (exact) mass is 196 g/mol. The Kier molecular flexibility index (Phi) is 1.98. The van der Waals surface area contributed by atoms with Crippen LogP contribution in [0.15, 0.2) is 22.6 Å². The van der Waals surface area contributed by atoms with Crippen LogP contribution in [0.4, 0.5) is 0 Å². The highest BCUT2D eigenvalue weighted by molar-refractivity contribution is 6.20. The summed E-state index contributed by atoms with van der Waals surface area (Å²) >= 11 is 5.73. The fourth-order valence-corrected chi connectivity index (χ4v) is 1.36. The van der Waals surface area contributed by atoms with Gasteiger partial charge in [-0.3, -0.25) is 0 Å². The van der Waals surface area contributed by atoms with Crippen LogP contribution in [-0.2, 0) is 0 Å². The van der Waals surface area contributed by atoms with E-state index < -0.39 is 5.50 Å². The number of fused-ring (bicyclic) bond motifs is 1. The summed E-state index contributed by atoms with van der Waals surface area (Å²) in [6, 6.07) is 5.51. The number of benzene rings is 1. The Labute approximate surface area is 80.5 Å². The minimum atomic E-state index is -0.491. The summed E-state index contributed by atoms with van der Waals surface area (Å²) in [6.07, 6.45) is 0. The SMILES string of the molecule is Cc1nc2ccc(C(N)Cl)cc2o1. The lowest BCUT2D eigenvalue weighted by atomic mass is 10.2. The number of halogens is 1. The first-order valence-corrected chi connectivity index (χ1v) is 4.37. The van der Waals surface area contributed by atoms with Crippen molar-refractivity contribution in [2.45, 2.75) is 12.4 Å². The van der Waals surface area contributed by atoms with Crippen molar-refractivity contribution < 1.29 is 4.42 Å². The van der Waals surface area contributed by atoms with E-state index in [-0.39, 0.29) is 0 Å². The molecule has 0 spiro atoms. The third-order valence-electron chi connectivity index (χ3n) is 1.84. The van der Waals surface area contributed by atoms with E-state index in [9.17, 15) is 0 Å². The van der Waals surface area contributed by atoms with E-state index in [4.69, 9.17) is 21.8 Å². The van der Waals surface area contributed by atoms with E-state index in [0.717, 1.165) is 16.7 Å². The molecule has 0 aliphatic rings. The van der Waals surface area contributed by atoms with Gasteiger partial charge in [-0.05, 0) is 17.7 Å². The maximum Gasteiger partial charge on any atom is 0.192 e. The molecule has 4 heteroatoms. The van der Waals surface area contributed by atoms with Gasteiger partial charge in [-0.15, -0.1) is 11.6 Å². The molecule has 0 saturated heterocycles. The average Bonchev–Trinajstić information content (AvgIpc) is 2.42. The van der Waals surface area contributed by atoms with Crippen LogP contribution in [0, 0.1) is 6.92 Å². The van der Waals surface area contributed by atoms with Gasteiger partial charge in [0, 0.05) is 6.92 Å². The topological polar surface area (TPSA) is 52.0 Å². The van der Waals surface area contributed by atoms with Crippen molar-refractivity contribution in [3.05, 3.63) is 29.7 Å². The number of aromatic nitrogens is 1. The molecule has 3 nitrogen and oxygen atoms in total. The second kappa shape index (κ2) is 3.01. The number of hydrogen-bond donors (Lipinski definition) is 1. The van der Waals surface area contributed by atoms with Crippen molar-refractivity contribution in [1.82, 2.24) is 4.98 Å². The van der Waals surface area contributed by atoms with Crippen molar-refractivity contribution in [3.8, 4) is 0 Å². The quantitative estimate of drug-likeness (QED) is 0.563. The Morgan fingerprint density at radius 3 is 3.00 bits per heavy atom. The minimum Gasteiger partial charge on any atom is -0.441 e. The van der Waals surface area contributed by atoms with E-state index in [1.54, 1.807) is 6.92 Å². The largest absolute Gasteiger partial charge is 0.441 e. The van der Waals surface area contributed by atoms with Gasteiger partial charge in [0.05, 0.1) is 0 Å². The van der Waals surface area contributed by atoms with Crippen molar-refractivity contribution in [2.75, 3.05) is 0 Å². The van der Waals surface area contributed by atoms with E-state index in [0.29, 0.717) is 5.89 Å². The van der Waals surface area contributed by atoms with Gasteiger partial charge >= 0.3 is 0 Å². The van der Waals surface area contributed by atoms with E-state index in [1.165, 1.54) is 0 Å². The number of aryl methyl sites for hydroxylation is 1. The number of nitrogens with two attached hydrogens (primary N) is 1. The molecule has 0 aliphatic carbocycles. The van der Waals surface area contributed by atoms with Crippen LogP contribution in [0.3, 0.4) is 0 Å². The smallest absolute Gasteiger partial charge is 0.192 e. The Bertz CT molecular complexity index is 436. The molecule has 68 valence electrons. The zero-order chi connectivity index (χ0) is 9.42. The lowest BCUT2D eigenvalue weighted by Gasteiger charge is -2.00. The molecule has 1 aromatic carbocycles. The van der Waals surface area contributed by atoms with Crippen molar-refractivity contribution >= 4 is 22.7 Å². The summed E-state index contributed by atoms with van der Waals surface area (Å²) in [6.45, 7) is 1.81. The number of hydrogen-bond acceptors (Lipinski definition) is 3. The zero-order valence-electron chi connectivity index (χ0n) is 7.12. The molecule has 2 N–H and O–H groups in total. The summed E-state index contributed by atoms with van der Waals surface area (Å²) in [7, 11) is 0. The van der Waals surface area contributed by atoms with Crippen LogP contribution in [0.1, 0.15) is 17.0 Å². The average molecular weight is 197 g/mol. The molecule has 2 rings (SSSR count). The lowest BCUT2D eigenvalue weighted by molar-refractivity contribution is 0.560. The molecule has 2 aromatic rings. The normalized spacial score (nSPS) is 13.5. The van der Waals surface area contributed by atoms with Crippen molar-refractivity contribution in [1.29, 1.82) is 0 Å². The molecule has 0 radical (unpaired) electrons. The van der Waals surface area contributed by atoms with Crippen LogP contribution >= 0.6 is 11.6 Å². The molecule has 0 aliphatic heterocycles. The molecule has 1 atom stereocenters. The molecule has 1 aromatic heterocycles.